The molecule has 0 radical (unpaired) electrons. The van der Waals surface area contributed by atoms with E-state index in [-0.39, 0.29) is 23.3 Å². The zero-order chi connectivity index (χ0) is 19.5. The molecule has 2 aliphatic rings. The molecule has 2 aliphatic heterocycles. The van der Waals surface area contributed by atoms with Crippen molar-refractivity contribution < 1.29 is 14.0 Å². The van der Waals surface area contributed by atoms with Gasteiger partial charge in [-0.15, -0.1) is 0 Å². The van der Waals surface area contributed by atoms with E-state index in [1.807, 2.05) is 21.6 Å². The minimum Gasteiger partial charge on any atom is -0.467 e. The summed E-state index contributed by atoms with van der Waals surface area (Å²) in [6.07, 6.45) is 3.83. The number of piperidine rings is 1. The van der Waals surface area contributed by atoms with E-state index in [0.29, 0.717) is 57.1 Å². The van der Waals surface area contributed by atoms with Gasteiger partial charge in [-0.05, 0) is 37.0 Å². The average Bonchev–Trinajstić information content (AvgIpc) is 3.21. The summed E-state index contributed by atoms with van der Waals surface area (Å²) in [5.41, 5.74) is 1.09. The second-order valence-electron chi connectivity index (χ2n) is 7.71. The quantitative estimate of drug-likeness (QED) is 0.825. The summed E-state index contributed by atoms with van der Waals surface area (Å²) >= 11 is 0. The Labute approximate surface area is 163 Å². The van der Waals surface area contributed by atoms with Crippen LogP contribution >= 0.6 is 0 Å². The number of rotatable bonds is 6. The summed E-state index contributed by atoms with van der Waals surface area (Å²) < 4.78 is 7.04. The molecule has 0 saturated carbocycles. The first kappa shape index (κ1) is 18.5. The van der Waals surface area contributed by atoms with Gasteiger partial charge < -0.3 is 19.2 Å². The number of fused-ring (bicyclic) bond motifs is 4. The fourth-order valence-electron chi connectivity index (χ4n) is 4.35. The maximum atomic E-state index is 12.6. The van der Waals surface area contributed by atoms with Crippen molar-refractivity contribution in [3.8, 4) is 0 Å². The van der Waals surface area contributed by atoms with E-state index in [0.717, 1.165) is 12.1 Å². The number of carbonyl (C=O) groups is 2. The number of nitrogens with zero attached hydrogens (tertiary/aromatic N) is 2. The van der Waals surface area contributed by atoms with Gasteiger partial charge in [0.15, 0.2) is 0 Å². The monoisotopic (exact) mass is 383 g/mol. The minimum absolute atomic E-state index is 0.0486. The highest BCUT2D eigenvalue weighted by molar-refractivity contribution is 5.79. The van der Waals surface area contributed by atoms with Gasteiger partial charge in [0, 0.05) is 50.2 Å². The predicted molar refractivity (Wildman–Crippen MR) is 103 cm³/mol. The molecule has 4 heterocycles. The maximum Gasteiger partial charge on any atom is 0.250 e. The first-order valence-corrected chi connectivity index (χ1v) is 9.87. The number of hydrogen-bond donors (Lipinski definition) is 1. The molecule has 0 aliphatic carbocycles. The lowest BCUT2D eigenvalue weighted by Gasteiger charge is -2.42. The molecule has 1 saturated heterocycles. The summed E-state index contributed by atoms with van der Waals surface area (Å²) in [4.78, 5) is 38.6. The van der Waals surface area contributed by atoms with Gasteiger partial charge in [-0.2, -0.15) is 0 Å². The van der Waals surface area contributed by atoms with Crippen LogP contribution in [0.2, 0.25) is 0 Å². The van der Waals surface area contributed by atoms with Crippen LogP contribution in [-0.2, 0) is 22.7 Å². The Morgan fingerprint density at radius 1 is 1.11 bits per heavy atom. The second-order valence-corrected chi connectivity index (χ2v) is 7.71. The van der Waals surface area contributed by atoms with Crippen molar-refractivity contribution in [2.24, 2.45) is 5.92 Å². The highest BCUT2D eigenvalue weighted by atomic mass is 16.3. The lowest BCUT2D eigenvalue weighted by atomic mass is 9.83. The number of furan rings is 1. The van der Waals surface area contributed by atoms with Crippen molar-refractivity contribution >= 4 is 11.8 Å². The summed E-state index contributed by atoms with van der Waals surface area (Å²) in [7, 11) is 0. The fraction of sp³-hybridized carbons (Fsp3) is 0.476. The van der Waals surface area contributed by atoms with Gasteiger partial charge >= 0.3 is 0 Å². The number of amides is 2. The van der Waals surface area contributed by atoms with Crippen LogP contribution in [0.5, 0.6) is 0 Å². The Morgan fingerprint density at radius 3 is 2.82 bits per heavy atom. The number of nitrogens with one attached hydrogen (secondary N) is 1. The second kappa shape index (κ2) is 8.04. The van der Waals surface area contributed by atoms with Gasteiger partial charge in [-0.3, -0.25) is 14.4 Å². The molecule has 4 rings (SSSR count). The van der Waals surface area contributed by atoms with Crippen molar-refractivity contribution in [2.75, 3.05) is 13.1 Å². The highest BCUT2D eigenvalue weighted by Gasteiger charge is 2.35. The average molecular weight is 383 g/mol. The Balaban J connectivity index is 1.26. The van der Waals surface area contributed by atoms with Crippen molar-refractivity contribution in [3.05, 3.63) is 58.4 Å². The molecule has 0 unspecified atom stereocenters. The lowest BCUT2D eigenvalue weighted by molar-refractivity contribution is -0.134. The summed E-state index contributed by atoms with van der Waals surface area (Å²) in [6.45, 7) is 2.41. The third-order valence-electron chi connectivity index (χ3n) is 5.67. The molecular weight excluding hydrogens is 358 g/mol. The van der Waals surface area contributed by atoms with E-state index in [4.69, 9.17) is 4.42 Å². The first-order valence-electron chi connectivity index (χ1n) is 9.87. The van der Waals surface area contributed by atoms with E-state index in [2.05, 4.69) is 5.32 Å². The van der Waals surface area contributed by atoms with Gasteiger partial charge in [-0.25, -0.2) is 0 Å². The van der Waals surface area contributed by atoms with E-state index < -0.39 is 0 Å². The van der Waals surface area contributed by atoms with E-state index in [1.54, 1.807) is 24.5 Å². The van der Waals surface area contributed by atoms with Crippen molar-refractivity contribution in [2.45, 2.75) is 44.7 Å². The maximum absolute atomic E-state index is 12.6. The van der Waals surface area contributed by atoms with Crippen LogP contribution in [0, 0.1) is 5.92 Å². The molecule has 2 bridgehead atoms. The van der Waals surface area contributed by atoms with Gasteiger partial charge in [-0.1, -0.05) is 6.07 Å². The van der Waals surface area contributed by atoms with Crippen molar-refractivity contribution in [1.29, 1.82) is 0 Å². The van der Waals surface area contributed by atoms with Crippen LogP contribution in [0.15, 0.2) is 45.8 Å². The van der Waals surface area contributed by atoms with Crippen LogP contribution in [-0.4, -0.2) is 34.4 Å². The normalized spacial score (nSPS) is 20.5. The minimum atomic E-state index is -0.0759. The number of hydrogen-bond acceptors (Lipinski definition) is 4. The van der Waals surface area contributed by atoms with Gasteiger partial charge in [0.05, 0.1) is 12.8 Å². The van der Waals surface area contributed by atoms with Crippen LogP contribution in [0.1, 0.15) is 43.1 Å². The van der Waals surface area contributed by atoms with Crippen LogP contribution < -0.4 is 10.9 Å². The fourth-order valence-corrected chi connectivity index (χ4v) is 4.35. The summed E-state index contributed by atoms with van der Waals surface area (Å²) in [5.74, 6) is 1.28. The molecule has 2 aromatic heterocycles. The zero-order valence-corrected chi connectivity index (χ0v) is 15.8. The summed E-state index contributed by atoms with van der Waals surface area (Å²) in [5, 5.41) is 2.80. The number of likely N-dealkylation sites (tertiary alicyclic amines) is 1. The number of carbonyl (C=O) groups excluding carboxylic acids is 2. The van der Waals surface area contributed by atoms with Crippen LogP contribution in [0.4, 0.5) is 0 Å². The molecule has 0 spiro atoms. The molecule has 2 aromatic rings. The molecule has 1 N–H and O–H groups in total. The molecule has 0 aromatic carbocycles. The molecule has 7 nitrogen and oxygen atoms in total. The number of aromatic nitrogens is 1. The Morgan fingerprint density at radius 2 is 2.00 bits per heavy atom. The molecular formula is C21H25N3O4. The summed E-state index contributed by atoms with van der Waals surface area (Å²) in [6, 6.07) is 8.99. The molecule has 7 heteroatoms. The Kier molecular flexibility index (Phi) is 5.32. The largest absolute Gasteiger partial charge is 0.467 e. The van der Waals surface area contributed by atoms with Crippen LogP contribution in [0.3, 0.4) is 0 Å². The van der Waals surface area contributed by atoms with Gasteiger partial charge in [0.2, 0.25) is 11.8 Å². The molecule has 28 heavy (non-hydrogen) atoms. The zero-order valence-electron chi connectivity index (χ0n) is 15.8. The van der Waals surface area contributed by atoms with Crippen LogP contribution in [0.25, 0.3) is 0 Å². The van der Waals surface area contributed by atoms with Gasteiger partial charge in [0.1, 0.15) is 5.76 Å². The SMILES string of the molecule is O=C(CCCC(=O)N1C[C@H]2C[C@H](C1)c1cccc(=O)n1C2)NCc1ccco1. The molecule has 2 atom stereocenters. The van der Waals surface area contributed by atoms with Gasteiger partial charge in [0.25, 0.3) is 5.56 Å². The van der Waals surface area contributed by atoms with Crippen molar-refractivity contribution in [1.82, 2.24) is 14.8 Å². The first-order chi connectivity index (χ1) is 13.6. The smallest absolute Gasteiger partial charge is 0.250 e. The Hall–Kier alpha value is -2.83. The van der Waals surface area contributed by atoms with E-state index in [9.17, 15) is 14.4 Å². The standard InChI is InChI=1S/C21H25N3O4/c25-19(22-11-17-4-3-9-28-17)6-2-7-20(26)23-12-15-10-16(14-23)18-5-1-8-21(27)24(18)13-15/h1,3-5,8-9,15-16H,2,6-7,10-14H2,(H,22,25)/t15-,16-/m1/s1. The number of pyridine rings is 1. The van der Waals surface area contributed by atoms with E-state index >= 15 is 0 Å². The highest BCUT2D eigenvalue weighted by Crippen LogP contribution is 2.35. The van der Waals surface area contributed by atoms with Crippen molar-refractivity contribution in [3.63, 3.8) is 0 Å². The van der Waals surface area contributed by atoms with E-state index in [1.165, 1.54) is 0 Å². The molecule has 2 amide bonds. The Bertz CT molecular complexity index is 903. The third-order valence-corrected chi connectivity index (χ3v) is 5.67. The lowest BCUT2D eigenvalue weighted by Crippen LogP contribution is -2.49. The molecule has 1 fully saturated rings. The topological polar surface area (TPSA) is 84.5 Å². The predicted octanol–water partition coefficient (Wildman–Crippen LogP) is 1.87. The third kappa shape index (κ3) is 4.03. The molecule has 148 valence electrons.